The Bertz CT molecular complexity index is 999. The van der Waals surface area contributed by atoms with Gasteiger partial charge in [0.2, 0.25) is 6.79 Å². The topological polar surface area (TPSA) is 40.5 Å². The Kier molecular flexibility index (Phi) is 2.80. The summed E-state index contributed by atoms with van der Waals surface area (Å²) in [5.74, 6) is 1.56. The standard InChI is InChI=1S/C20H15NO3/c22-11-15-10-16-9-14-3-1-2-4-17(14)21(16)18(15)7-13-5-6-19-20(8-13)24-12-23-19/h1-6,8-11,18H,7,12H2/t18-/m1/s1. The van der Waals surface area contributed by atoms with Gasteiger partial charge in [0.1, 0.15) is 6.29 Å². The molecule has 0 unspecified atom stereocenters. The quantitative estimate of drug-likeness (QED) is 0.691. The monoisotopic (exact) mass is 317 g/mol. The van der Waals surface area contributed by atoms with E-state index in [-0.39, 0.29) is 12.8 Å². The van der Waals surface area contributed by atoms with E-state index in [1.54, 1.807) is 0 Å². The average molecular weight is 317 g/mol. The Hall–Kier alpha value is -3.01. The third-order valence-electron chi connectivity index (χ3n) is 4.79. The van der Waals surface area contributed by atoms with Gasteiger partial charge in [-0.15, -0.1) is 0 Å². The van der Waals surface area contributed by atoms with Gasteiger partial charge in [-0.3, -0.25) is 4.79 Å². The van der Waals surface area contributed by atoms with Crippen molar-refractivity contribution in [1.29, 1.82) is 0 Å². The van der Waals surface area contributed by atoms with Crippen molar-refractivity contribution >= 4 is 23.3 Å². The normalized spacial score (nSPS) is 17.8. The number of fused-ring (bicyclic) bond motifs is 4. The first-order valence-electron chi connectivity index (χ1n) is 7.99. The Morgan fingerprint density at radius 1 is 1.08 bits per heavy atom. The van der Waals surface area contributed by atoms with E-state index < -0.39 is 0 Å². The van der Waals surface area contributed by atoms with Crippen LogP contribution in [0, 0.1) is 0 Å². The molecule has 1 aromatic heterocycles. The van der Waals surface area contributed by atoms with Crippen LogP contribution in [0.3, 0.4) is 0 Å². The fourth-order valence-corrected chi connectivity index (χ4v) is 3.68. The van der Waals surface area contributed by atoms with Gasteiger partial charge in [-0.2, -0.15) is 0 Å². The molecule has 2 aliphatic rings. The summed E-state index contributed by atoms with van der Waals surface area (Å²) in [4.78, 5) is 11.6. The molecule has 5 rings (SSSR count). The van der Waals surface area contributed by atoms with Gasteiger partial charge in [-0.05, 0) is 42.3 Å². The number of aromatic nitrogens is 1. The van der Waals surface area contributed by atoms with Crippen molar-refractivity contribution in [3.63, 3.8) is 0 Å². The van der Waals surface area contributed by atoms with Gasteiger partial charge in [0.05, 0.1) is 6.04 Å². The number of carbonyl (C=O) groups is 1. The number of nitrogens with zero attached hydrogens (tertiary/aromatic N) is 1. The lowest BCUT2D eigenvalue weighted by Crippen LogP contribution is -2.11. The van der Waals surface area contributed by atoms with E-state index >= 15 is 0 Å². The molecule has 0 aliphatic carbocycles. The van der Waals surface area contributed by atoms with Crippen LogP contribution in [-0.4, -0.2) is 17.6 Å². The highest BCUT2D eigenvalue weighted by Crippen LogP contribution is 2.39. The van der Waals surface area contributed by atoms with Crippen molar-refractivity contribution in [2.45, 2.75) is 12.5 Å². The average Bonchev–Trinajstić information content (AvgIpc) is 3.28. The van der Waals surface area contributed by atoms with Gasteiger partial charge in [-0.25, -0.2) is 0 Å². The Morgan fingerprint density at radius 2 is 1.96 bits per heavy atom. The largest absolute Gasteiger partial charge is 0.454 e. The molecule has 0 saturated heterocycles. The second kappa shape index (κ2) is 4.99. The van der Waals surface area contributed by atoms with Crippen molar-refractivity contribution in [3.8, 4) is 11.5 Å². The van der Waals surface area contributed by atoms with Crippen LogP contribution in [0.25, 0.3) is 17.0 Å². The summed E-state index contributed by atoms with van der Waals surface area (Å²) in [7, 11) is 0. The van der Waals surface area contributed by atoms with Gasteiger partial charge >= 0.3 is 0 Å². The maximum Gasteiger partial charge on any atom is 0.231 e. The molecule has 3 aromatic rings. The molecular formula is C20H15NO3. The molecule has 1 atom stereocenters. The third kappa shape index (κ3) is 1.89. The molecule has 0 N–H and O–H groups in total. The molecule has 0 saturated carbocycles. The SMILES string of the molecule is O=CC1=Cc2cc3ccccc3n2[C@@H]1Cc1ccc2c(c1)OCO2. The number of ether oxygens (including phenoxy) is 2. The molecular weight excluding hydrogens is 302 g/mol. The molecule has 24 heavy (non-hydrogen) atoms. The van der Waals surface area contributed by atoms with Crippen LogP contribution in [0.15, 0.2) is 54.1 Å². The molecule has 0 amide bonds. The van der Waals surface area contributed by atoms with Crippen molar-refractivity contribution < 1.29 is 14.3 Å². The zero-order valence-corrected chi connectivity index (χ0v) is 12.9. The zero-order valence-electron chi connectivity index (χ0n) is 12.9. The van der Waals surface area contributed by atoms with Crippen LogP contribution in [0.5, 0.6) is 11.5 Å². The zero-order chi connectivity index (χ0) is 16.1. The summed E-state index contributed by atoms with van der Waals surface area (Å²) in [6.07, 6.45) is 3.71. The van der Waals surface area contributed by atoms with E-state index in [1.807, 2.05) is 36.4 Å². The summed E-state index contributed by atoms with van der Waals surface area (Å²) in [6, 6.07) is 16.4. The predicted molar refractivity (Wildman–Crippen MR) is 91.3 cm³/mol. The van der Waals surface area contributed by atoms with Crippen molar-refractivity contribution in [2.24, 2.45) is 0 Å². The Balaban J connectivity index is 1.58. The first-order chi connectivity index (χ1) is 11.8. The van der Waals surface area contributed by atoms with Crippen molar-refractivity contribution in [2.75, 3.05) is 6.79 Å². The first-order valence-corrected chi connectivity index (χ1v) is 7.99. The van der Waals surface area contributed by atoms with E-state index in [0.29, 0.717) is 0 Å². The minimum atomic E-state index is 0.0118. The lowest BCUT2D eigenvalue weighted by molar-refractivity contribution is -0.105. The maximum atomic E-state index is 11.6. The molecule has 4 nitrogen and oxygen atoms in total. The van der Waals surface area contributed by atoms with Gasteiger partial charge in [0.15, 0.2) is 11.5 Å². The van der Waals surface area contributed by atoms with E-state index in [2.05, 4.69) is 22.8 Å². The van der Waals surface area contributed by atoms with Crippen LogP contribution in [0.2, 0.25) is 0 Å². The van der Waals surface area contributed by atoms with Crippen LogP contribution in [-0.2, 0) is 11.2 Å². The van der Waals surface area contributed by atoms with E-state index in [1.165, 1.54) is 5.39 Å². The maximum absolute atomic E-state index is 11.6. The minimum Gasteiger partial charge on any atom is -0.454 e. The van der Waals surface area contributed by atoms with Crippen molar-refractivity contribution in [1.82, 2.24) is 4.57 Å². The van der Waals surface area contributed by atoms with Gasteiger partial charge < -0.3 is 14.0 Å². The van der Waals surface area contributed by atoms with Gasteiger partial charge in [0.25, 0.3) is 0 Å². The Labute approximate surface area is 138 Å². The van der Waals surface area contributed by atoms with E-state index in [0.717, 1.165) is 46.6 Å². The summed E-state index contributed by atoms with van der Waals surface area (Å²) in [5, 5.41) is 1.20. The van der Waals surface area contributed by atoms with E-state index in [9.17, 15) is 4.79 Å². The second-order valence-electron chi connectivity index (χ2n) is 6.17. The van der Waals surface area contributed by atoms with E-state index in [4.69, 9.17) is 9.47 Å². The molecule has 0 radical (unpaired) electrons. The number of hydrogen-bond acceptors (Lipinski definition) is 3. The van der Waals surface area contributed by atoms with Crippen LogP contribution in [0.4, 0.5) is 0 Å². The smallest absolute Gasteiger partial charge is 0.231 e. The first kappa shape index (κ1) is 13.4. The second-order valence-corrected chi connectivity index (χ2v) is 6.17. The number of carbonyl (C=O) groups excluding carboxylic acids is 1. The Morgan fingerprint density at radius 3 is 2.88 bits per heavy atom. The van der Waals surface area contributed by atoms with Crippen LogP contribution < -0.4 is 9.47 Å². The number of hydrogen-bond donors (Lipinski definition) is 0. The molecule has 2 aliphatic heterocycles. The van der Waals surface area contributed by atoms with Crippen LogP contribution in [0.1, 0.15) is 17.3 Å². The van der Waals surface area contributed by atoms with Crippen LogP contribution >= 0.6 is 0 Å². The van der Waals surface area contributed by atoms with Crippen molar-refractivity contribution in [3.05, 3.63) is 65.4 Å². The fourth-order valence-electron chi connectivity index (χ4n) is 3.68. The molecule has 118 valence electrons. The summed E-state index contributed by atoms with van der Waals surface area (Å²) in [6.45, 7) is 0.272. The minimum absolute atomic E-state index is 0.0118. The predicted octanol–water partition coefficient (Wildman–Crippen LogP) is 3.75. The summed E-state index contributed by atoms with van der Waals surface area (Å²) >= 11 is 0. The highest BCUT2D eigenvalue weighted by atomic mass is 16.7. The molecule has 0 fully saturated rings. The van der Waals surface area contributed by atoms with Gasteiger partial charge in [-0.1, -0.05) is 24.3 Å². The third-order valence-corrected chi connectivity index (χ3v) is 4.79. The molecule has 0 spiro atoms. The lowest BCUT2D eigenvalue weighted by atomic mass is 10.00. The number of aldehydes is 1. The molecule has 4 heteroatoms. The molecule has 0 bridgehead atoms. The number of benzene rings is 2. The number of rotatable bonds is 3. The highest BCUT2D eigenvalue weighted by Gasteiger charge is 2.27. The summed E-state index contributed by atoms with van der Waals surface area (Å²) < 4.78 is 13.1. The highest BCUT2D eigenvalue weighted by molar-refractivity contribution is 5.91. The fraction of sp³-hybridized carbons (Fsp3) is 0.150. The summed E-state index contributed by atoms with van der Waals surface area (Å²) in [5.41, 5.74) is 4.19. The number of para-hydroxylation sites is 1. The molecule has 3 heterocycles. The lowest BCUT2D eigenvalue weighted by Gasteiger charge is -2.17. The number of allylic oxidation sites excluding steroid dienone is 1. The molecule has 2 aromatic carbocycles. The van der Waals surface area contributed by atoms with Gasteiger partial charge in [0, 0.05) is 22.2 Å².